The highest BCUT2D eigenvalue weighted by Crippen LogP contribution is 2.46. The molecule has 0 unspecified atom stereocenters. The van der Waals surface area contributed by atoms with E-state index in [2.05, 4.69) is 57.5 Å². The van der Waals surface area contributed by atoms with Crippen molar-refractivity contribution < 1.29 is 40.6 Å². The summed E-state index contributed by atoms with van der Waals surface area (Å²) in [5.41, 5.74) is -0.625. The third-order valence-corrected chi connectivity index (χ3v) is 11.5. The molecule has 0 bridgehead atoms. The summed E-state index contributed by atoms with van der Waals surface area (Å²) in [6.07, 6.45) is -1.64. The monoisotopic (exact) mass is 822 g/mol. The van der Waals surface area contributed by atoms with Gasteiger partial charge in [0.25, 0.3) is 0 Å². The van der Waals surface area contributed by atoms with E-state index in [9.17, 15) is 31.1 Å². The zero-order chi connectivity index (χ0) is 38.9. The van der Waals surface area contributed by atoms with Crippen LogP contribution in [-0.4, -0.2) is 18.5 Å². The Morgan fingerprint density at radius 1 is 0.574 bits per heavy atom. The molecule has 4 aromatic rings. The average molecular weight is 824 g/mol. The lowest BCUT2D eigenvalue weighted by atomic mass is 9.72. The third-order valence-electron chi connectivity index (χ3n) is 11.0. The van der Waals surface area contributed by atoms with Crippen molar-refractivity contribution in [2.24, 2.45) is 22.7 Å². The molecule has 0 N–H and O–H groups in total. The van der Waals surface area contributed by atoms with Gasteiger partial charge in [-0.2, -0.15) is 26.3 Å². The zero-order valence-electron chi connectivity index (χ0n) is 31.2. The fourth-order valence-corrected chi connectivity index (χ4v) is 8.29. The van der Waals surface area contributed by atoms with Crippen LogP contribution in [0.2, 0.25) is 0 Å². The minimum Gasteiger partial charge on any atom is -0.490 e. The molecular formula is C44H53BrF6O3. The van der Waals surface area contributed by atoms with E-state index in [4.69, 9.17) is 9.47 Å². The van der Waals surface area contributed by atoms with Gasteiger partial charge in [0.2, 0.25) is 0 Å². The van der Waals surface area contributed by atoms with Crippen molar-refractivity contribution in [1.82, 2.24) is 0 Å². The number of ether oxygens (including phenoxy) is 2. The number of carbonyl (C=O) groups is 1. The van der Waals surface area contributed by atoms with Gasteiger partial charge in [-0.3, -0.25) is 4.79 Å². The van der Waals surface area contributed by atoms with E-state index in [1.54, 1.807) is 24.3 Å². The molecule has 6 rings (SSSR count). The summed E-state index contributed by atoms with van der Waals surface area (Å²) in [6, 6.07) is 15.2. The maximum absolute atomic E-state index is 13.8. The predicted octanol–water partition coefficient (Wildman–Crippen LogP) is 14.9. The summed E-state index contributed by atoms with van der Waals surface area (Å²) in [5, 5.41) is 1.18. The van der Waals surface area contributed by atoms with Gasteiger partial charge in [-0.05, 0) is 126 Å². The van der Waals surface area contributed by atoms with Gasteiger partial charge in [-0.15, -0.1) is 0 Å². The highest BCUT2D eigenvalue weighted by Gasteiger charge is 2.39. The van der Waals surface area contributed by atoms with Crippen LogP contribution in [0.5, 0.6) is 11.5 Å². The molecule has 2 aliphatic carbocycles. The second-order valence-corrected chi connectivity index (χ2v) is 17.7. The minimum absolute atomic E-state index is 0. The van der Waals surface area contributed by atoms with Crippen molar-refractivity contribution in [3.05, 3.63) is 81.8 Å². The van der Waals surface area contributed by atoms with Crippen LogP contribution in [0.15, 0.2) is 65.1 Å². The zero-order valence-corrected chi connectivity index (χ0v) is 32.8. The van der Waals surface area contributed by atoms with E-state index in [-0.39, 0.29) is 52.7 Å². The molecule has 296 valence electrons. The molecule has 0 aliphatic heterocycles. The van der Waals surface area contributed by atoms with Crippen molar-refractivity contribution in [3.8, 4) is 11.5 Å². The maximum atomic E-state index is 13.8. The first-order chi connectivity index (χ1) is 24.6. The number of aldehydes is 1. The summed E-state index contributed by atoms with van der Waals surface area (Å²) in [7, 11) is 0. The Morgan fingerprint density at radius 3 is 1.33 bits per heavy atom. The lowest BCUT2D eigenvalue weighted by molar-refractivity contribution is -0.139. The molecule has 2 fully saturated rings. The van der Waals surface area contributed by atoms with Gasteiger partial charge >= 0.3 is 12.4 Å². The predicted molar refractivity (Wildman–Crippen MR) is 209 cm³/mol. The first-order valence-electron chi connectivity index (χ1n) is 18.4. The van der Waals surface area contributed by atoms with E-state index in [0.29, 0.717) is 34.5 Å². The van der Waals surface area contributed by atoms with Crippen LogP contribution >= 0.6 is 15.9 Å². The van der Waals surface area contributed by atoms with Crippen LogP contribution in [0, 0.1) is 22.7 Å². The first-order valence-corrected chi connectivity index (χ1v) is 19.2. The van der Waals surface area contributed by atoms with Gasteiger partial charge in [0, 0.05) is 10.0 Å². The standard InChI is InChI=1S/C22H25F3O2.C21H24BrF3O.CH4/c1-21(2,3)16-6-8-17(9-7-16)27-19-11-5-15-12-14(13-26)4-10-18(15)20(19)22(23,24)25;1-20(2,3)14-5-8-16(9-6-14)26-18-11-4-13-12-15(22)7-10-17(13)19(18)21(23,24)25;/h4-5,10-13,16-17H,6-9H2,1-3H3;4,7,10-12,14,16H,5-6,8-9H2,1-3H3;1H4. The van der Waals surface area contributed by atoms with Gasteiger partial charge in [-0.25, -0.2) is 0 Å². The summed E-state index contributed by atoms with van der Waals surface area (Å²) in [5.74, 6) is 0.996. The normalized spacial score (nSPS) is 21.1. The van der Waals surface area contributed by atoms with Gasteiger partial charge in [-0.1, -0.05) is 95.2 Å². The molecule has 4 aromatic carbocycles. The number of benzene rings is 4. The summed E-state index contributed by atoms with van der Waals surface area (Å²) in [4.78, 5) is 10.9. The van der Waals surface area contributed by atoms with Crippen LogP contribution in [-0.2, 0) is 12.4 Å². The Balaban J connectivity index is 0.000000236. The number of fused-ring (bicyclic) bond motifs is 2. The van der Waals surface area contributed by atoms with Crippen LogP contribution in [0.3, 0.4) is 0 Å². The van der Waals surface area contributed by atoms with Crippen molar-refractivity contribution in [1.29, 1.82) is 0 Å². The molecule has 0 saturated heterocycles. The highest BCUT2D eigenvalue weighted by molar-refractivity contribution is 9.10. The molecular weight excluding hydrogens is 770 g/mol. The molecule has 0 amide bonds. The smallest absolute Gasteiger partial charge is 0.420 e. The maximum Gasteiger partial charge on any atom is 0.420 e. The lowest BCUT2D eigenvalue weighted by Gasteiger charge is -2.37. The molecule has 0 heterocycles. The van der Waals surface area contributed by atoms with Crippen LogP contribution in [0.4, 0.5) is 26.3 Å². The fourth-order valence-electron chi connectivity index (χ4n) is 7.92. The molecule has 2 aliphatic rings. The Bertz CT molecular complexity index is 1890. The SMILES string of the molecule is C.CC(C)(C)C1CCC(Oc2ccc3cc(Br)ccc3c2C(F)(F)F)CC1.CC(C)(C)C1CCC(Oc2ccc3cc(C=O)ccc3c2C(F)(F)F)CC1. The summed E-state index contributed by atoms with van der Waals surface area (Å²) in [6.45, 7) is 13.3. The van der Waals surface area contributed by atoms with Crippen LogP contribution < -0.4 is 9.47 Å². The molecule has 2 saturated carbocycles. The number of hydrogen-bond donors (Lipinski definition) is 0. The van der Waals surface area contributed by atoms with Crippen molar-refractivity contribution in [2.75, 3.05) is 0 Å². The van der Waals surface area contributed by atoms with Gasteiger partial charge in [0.15, 0.2) is 0 Å². The Kier molecular flexibility index (Phi) is 13.6. The van der Waals surface area contributed by atoms with E-state index in [0.717, 1.165) is 55.8 Å². The number of hydrogen-bond acceptors (Lipinski definition) is 3. The lowest BCUT2D eigenvalue weighted by Crippen LogP contribution is -2.31. The Labute approximate surface area is 324 Å². The molecule has 10 heteroatoms. The van der Waals surface area contributed by atoms with E-state index in [1.807, 2.05) is 0 Å². The molecule has 54 heavy (non-hydrogen) atoms. The molecule has 3 nitrogen and oxygen atoms in total. The Morgan fingerprint density at radius 2 is 0.963 bits per heavy atom. The van der Waals surface area contributed by atoms with Gasteiger partial charge in [0.1, 0.15) is 28.9 Å². The van der Waals surface area contributed by atoms with Gasteiger partial charge in [0.05, 0.1) is 12.2 Å². The van der Waals surface area contributed by atoms with E-state index in [1.165, 1.54) is 36.4 Å². The fraction of sp³-hybridized carbons (Fsp3) is 0.523. The first kappa shape index (κ1) is 43.5. The van der Waals surface area contributed by atoms with Crippen molar-refractivity contribution in [2.45, 2.75) is 125 Å². The second kappa shape index (κ2) is 16.8. The number of halogens is 7. The van der Waals surface area contributed by atoms with Crippen LogP contribution in [0.1, 0.15) is 122 Å². The minimum atomic E-state index is -4.53. The molecule has 0 atom stereocenters. The summed E-state index contributed by atoms with van der Waals surface area (Å²) < 4.78 is 95.1. The number of carbonyl (C=O) groups excluding carboxylic acids is 1. The Hall–Kier alpha value is -3.27. The number of rotatable bonds is 5. The molecule has 0 spiro atoms. The van der Waals surface area contributed by atoms with Gasteiger partial charge < -0.3 is 9.47 Å². The van der Waals surface area contributed by atoms with Crippen molar-refractivity contribution >= 4 is 43.8 Å². The van der Waals surface area contributed by atoms with Crippen LogP contribution in [0.25, 0.3) is 21.5 Å². The summed E-state index contributed by atoms with van der Waals surface area (Å²) >= 11 is 3.31. The third kappa shape index (κ3) is 10.5. The average Bonchev–Trinajstić information content (AvgIpc) is 3.06. The number of alkyl halides is 6. The quantitative estimate of drug-likeness (QED) is 0.149. The topological polar surface area (TPSA) is 35.5 Å². The molecule has 0 radical (unpaired) electrons. The van der Waals surface area contributed by atoms with E-state index >= 15 is 0 Å². The largest absolute Gasteiger partial charge is 0.490 e. The van der Waals surface area contributed by atoms with Crippen molar-refractivity contribution in [3.63, 3.8) is 0 Å². The van der Waals surface area contributed by atoms with E-state index < -0.39 is 23.5 Å². The molecule has 0 aromatic heterocycles. The second-order valence-electron chi connectivity index (χ2n) is 16.8. The highest BCUT2D eigenvalue weighted by atomic mass is 79.9.